The number of carbonyl (C=O) groups is 2. The Morgan fingerprint density at radius 3 is 2.06 bits per heavy atom. The molecule has 0 radical (unpaired) electrons. The van der Waals surface area contributed by atoms with Gasteiger partial charge in [0.05, 0.1) is 17.0 Å². The fourth-order valence-electron chi connectivity index (χ4n) is 3.67. The molecule has 1 saturated heterocycles. The summed E-state index contributed by atoms with van der Waals surface area (Å²) in [6.45, 7) is -0.209. The summed E-state index contributed by atoms with van der Waals surface area (Å²) in [5.74, 6) is -1.53. The topological polar surface area (TPSA) is 40.6 Å². The third kappa shape index (κ3) is 5.60. The summed E-state index contributed by atoms with van der Waals surface area (Å²) in [6.07, 6.45) is -10.1. The Kier molecular flexibility index (Phi) is 6.52. The molecule has 0 aliphatic carbocycles. The van der Waals surface area contributed by atoms with Crippen LogP contribution in [0.1, 0.15) is 28.7 Å². The Morgan fingerprint density at radius 1 is 0.969 bits per heavy atom. The van der Waals surface area contributed by atoms with Crippen LogP contribution >= 0.6 is 0 Å². The molecule has 2 aromatic rings. The van der Waals surface area contributed by atoms with Crippen LogP contribution in [0.15, 0.2) is 48.5 Å². The van der Waals surface area contributed by atoms with E-state index in [2.05, 4.69) is 0 Å². The minimum Gasteiger partial charge on any atom is -0.341 e. The average molecular weight is 458 g/mol. The van der Waals surface area contributed by atoms with E-state index in [9.17, 15) is 35.9 Å². The van der Waals surface area contributed by atoms with E-state index in [1.165, 1.54) is 4.90 Å². The number of carbonyl (C=O) groups excluding carboxylic acids is 2. The van der Waals surface area contributed by atoms with Crippen LogP contribution in [-0.4, -0.2) is 35.2 Å². The van der Waals surface area contributed by atoms with Crippen molar-refractivity contribution in [2.75, 3.05) is 13.6 Å². The molecule has 0 bridgehead atoms. The second kappa shape index (κ2) is 8.84. The summed E-state index contributed by atoms with van der Waals surface area (Å²) in [5.41, 5.74) is -2.30. The minimum absolute atomic E-state index is 0.0418. The van der Waals surface area contributed by atoms with Crippen molar-refractivity contribution >= 4 is 11.8 Å². The van der Waals surface area contributed by atoms with Crippen molar-refractivity contribution in [3.63, 3.8) is 0 Å². The van der Waals surface area contributed by atoms with Crippen molar-refractivity contribution in [2.45, 2.75) is 31.9 Å². The molecule has 2 amide bonds. The first kappa shape index (κ1) is 23.6. The molecule has 32 heavy (non-hydrogen) atoms. The van der Waals surface area contributed by atoms with Gasteiger partial charge < -0.3 is 9.80 Å². The molecule has 1 aliphatic rings. The molecule has 0 spiro atoms. The normalized spacial score (nSPS) is 17.0. The highest BCUT2D eigenvalue weighted by Crippen LogP contribution is 2.37. The Bertz CT molecular complexity index is 956. The molecule has 172 valence electrons. The first-order valence-corrected chi connectivity index (χ1v) is 9.69. The van der Waals surface area contributed by atoms with Crippen LogP contribution in [0.25, 0.3) is 0 Å². The minimum atomic E-state index is -4.97. The van der Waals surface area contributed by atoms with E-state index < -0.39 is 41.8 Å². The number of likely N-dealkylation sites (tertiary alicyclic amines) is 1. The van der Waals surface area contributed by atoms with Gasteiger partial charge in [-0.2, -0.15) is 26.3 Å². The van der Waals surface area contributed by atoms with E-state index in [4.69, 9.17) is 0 Å². The van der Waals surface area contributed by atoms with Crippen molar-refractivity contribution in [1.29, 1.82) is 0 Å². The Labute approximate surface area is 180 Å². The molecule has 2 aromatic carbocycles. The van der Waals surface area contributed by atoms with Crippen molar-refractivity contribution in [2.24, 2.45) is 5.92 Å². The van der Waals surface area contributed by atoms with Crippen LogP contribution < -0.4 is 0 Å². The molecule has 4 nitrogen and oxygen atoms in total. The number of halogens is 6. The highest BCUT2D eigenvalue weighted by Gasteiger charge is 2.39. The molecular weight excluding hydrogens is 438 g/mol. The predicted octanol–water partition coefficient (Wildman–Crippen LogP) is 4.73. The number of amides is 2. The lowest BCUT2D eigenvalue weighted by Crippen LogP contribution is -2.34. The number of benzene rings is 2. The summed E-state index contributed by atoms with van der Waals surface area (Å²) < 4.78 is 78.4. The summed E-state index contributed by atoms with van der Waals surface area (Å²) in [4.78, 5) is 27.6. The van der Waals surface area contributed by atoms with Gasteiger partial charge in [-0.05, 0) is 29.3 Å². The van der Waals surface area contributed by atoms with Crippen LogP contribution in [0.4, 0.5) is 26.3 Å². The van der Waals surface area contributed by atoms with Crippen LogP contribution in [0.3, 0.4) is 0 Å². The zero-order chi connectivity index (χ0) is 23.7. The first-order chi connectivity index (χ1) is 14.8. The number of hydrogen-bond acceptors (Lipinski definition) is 2. The molecule has 1 heterocycles. The molecule has 0 N–H and O–H groups in total. The van der Waals surface area contributed by atoms with Gasteiger partial charge in [0.1, 0.15) is 0 Å². The van der Waals surface area contributed by atoms with E-state index in [-0.39, 0.29) is 30.5 Å². The highest BCUT2D eigenvalue weighted by molar-refractivity contribution is 5.89. The lowest BCUT2D eigenvalue weighted by molar-refractivity contribution is -0.143. The number of rotatable bonds is 5. The number of hydrogen-bond donors (Lipinski definition) is 0. The van der Waals surface area contributed by atoms with Gasteiger partial charge in [-0.1, -0.05) is 30.3 Å². The molecular formula is C22H20F6N2O2. The maximum Gasteiger partial charge on any atom is 0.416 e. The Balaban J connectivity index is 1.73. The molecule has 0 aromatic heterocycles. The van der Waals surface area contributed by atoms with Crippen LogP contribution in [-0.2, 0) is 35.0 Å². The molecule has 1 unspecified atom stereocenters. The maximum atomic E-state index is 13.1. The lowest BCUT2D eigenvalue weighted by atomic mass is 10.0. The molecule has 1 atom stereocenters. The summed E-state index contributed by atoms with van der Waals surface area (Å²) in [5, 5.41) is 0. The zero-order valence-electron chi connectivity index (χ0n) is 17.0. The fraction of sp³-hybridized carbons (Fsp3) is 0.364. The third-order valence-electron chi connectivity index (χ3n) is 5.22. The first-order valence-electron chi connectivity index (χ1n) is 9.69. The quantitative estimate of drug-likeness (QED) is 0.608. The van der Waals surface area contributed by atoms with Gasteiger partial charge in [0.25, 0.3) is 0 Å². The highest BCUT2D eigenvalue weighted by atomic mass is 19.4. The maximum absolute atomic E-state index is 13.1. The summed E-state index contributed by atoms with van der Waals surface area (Å²) in [6, 6.07) is 10.4. The van der Waals surface area contributed by atoms with Gasteiger partial charge in [0.15, 0.2) is 0 Å². The fourth-order valence-corrected chi connectivity index (χ4v) is 3.67. The van der Waals surface area contributed by atoms with E-state index in [1.807, 2.05) is 30.3 Å². The number of alkyl halides is 6. The zero-order valence-corrected chi connectivity index (χ0v) is 17.0. The van der Waals surface area contributed by atoms with Gasteiger partial charge >= 0.3 is 12.4 Å². The summed E-state index contributed by atoms with van der Waals surface area (Å²) >= 11 is 0. The van der Waals surface area contributed by atoms with Crippen molar-refractivity contribution < 1.29 is 35.9 Å². The van der Waals surface area contributed by atoms with Crippen LogP contribution in [0.5, 0.6) is 0 Å². The second-order valence-electron chi connectivity index (χ2n) is 7.77. The molecule has 10 heteroatoms. The Morgan fingerprint density at radius 2 is 1.53 bits per heavy atom. The van der Waals surface area contributed by atoms with Crippen molar-refractivity contribution in [3.8, 4) is 0 Å². The third-order valence-corrected chi connectivity index (χ3v) is 5.22. The Hall–Kier alpha value is -3.04. The average Bonchev–Trinajstić information content (AvgIpc) is 3.06. The van der Waals surface area contributed by atoms with Gasteiger partial charge in [-0.25, -0.2) is 0 Å². The van der Waals surface area contributed by atoms with Crippen molar-refractivity contribution in [3.05, 3.63) is 70.8 Å². The van der Waals surface area contributed by atoms with Crippen LogP contribution in [0, 0.1) is 5.92 Å². The van der Waals surface area contributed by atoms with E-state index in [0.29, 0.717) is 18.7 Å². The lowest BCUT2D eigenvalue weighted by Gasteiger charge is -2.22. The van der Waals surface area contributed by atoms with Crippen LogP contribution in [0.2, 0.25) is 0 Å². The van der Waals surface area contributed by atoms with E-state index in [0.717, 1.165) is 10.5 Å². The van der Waals surface area contributed by atoms with Gasteiger partial charge in [-0.3, -0.25) is 9.59 Å². The SMILES string of the molecule is CN(Cc1ccccc1)C(=O)C1CC(=O)N(Cc2cc(C(F)(F)F)cc(C(F)(F)F)c2)C1. The molecule has 1 fully saturated rings. The smallest absolute Gasteiger partial charge is 0.341 e. The summed E-state index contributed by atoms with van der Waals surface area (Å²) in [7, 11) is 1.57. The standard InChI is InChI=1S/C22H20F6N2O2/c1-29(11-14-5-3-2-4-6-14)20(32)16-9-19(31)30(13-16)12-15-7-17(21(23,24)25)10-18(8-15)22(26,27)28/h2-8,10,16H,9,11-13H2,1H3. The monoisotopic (exact) mass is 458 g/mol. The number of nitrogens with zero attached hydrogens (tertiary/aromatic N) is 2. The molecule has 3 rings (SSSR count). The predicted molar refractivity (Wildman–Crippen MR) is 103 cm³/mol. The largest absolute Gasteiger partial charge is 0.416 e. The van der Waals surface area contributed by atoms with Gasteiger partial charge in [0.2, 0.25) is 11.8 Å². The van der Waals surface area contributed by atoms with Gasteiger partial charge in [-0.15, -0.1) is 0 Å². The van der Waals surface area contributed by atoms with Gasteiger partial charge in [0, 0.05) is 33.1 Å². The second-order valence-corrected chi connectivity index (χ2v) is 7.77. The molecule has 1 aliphatic heterocycles. The van der Waals surface area contributed by atoms with E-state index in [1.54, 1.807) is 7.05 Å². The molecule has 0 saturated carbocycles. The van der Waals surface area contributed by atoms with Crippen molar-refractivity contribution in [1.82, 2.24) is 9.80 Å². The van der Waals surface area contributed by atoms with E-state index >= 15 is 0 Å².